The fourth-order valence-corrected chi connectivity index (χ4v) is 1.37. The Morgan fingerprint density at radius 3 is 1.93 bits per heavy atom. The van der Waals surface area contributed by atoms with Crippen molar-refractivity contribution in [1.82, 2.24) is 0 Å². The molecule has 2 nitrogen and oxygen atoms in total. The summed E-state index contributed by atoms with van der Waals surface area (Å²) in [6, 6.07) is 0. The number of hydrogen-bond donors (Lipinski definition) is 0. The van der Waals surface area contributed by atoms with Crippen LogP contribution in [0.15, 0.2) is 0 Å². The van der Waals surface area contributed by atoms with Crippen molar-refractivity contribution in [2.75, 3.05) is 0 Å². The summed E-state index contributed by atoms with van der Waals surface area (Å²) in [4.78, 5) is 22.3. The van der Waals surface area contributed by atoms with Gasteiger partial charge >= 0.3 is 0 Å². The van der Waals surface area contributed by atoms with E-state index in [4.69, 9.17) is 11.6 Å². The number of rotatable bonds is 6. The second kappa shape index (κ2) is 5.11. The maximum atomic E-state index is 11.9. The Labute approximate surface area is 97.4 Å². The van der Waals surface area contributed by atoms with Gasteiger partial charge < -0.3 is 4.79 Å². The minimum atomic E-state index is -0.495. The van der Waals surface area contributed by atoms with Gasteiger partial charge in [-0.2, -0.15) is 0 Å². The maximum Gasteiger partial charge on any atom is 0.140 e. The normalized spacial score (nSPS) is 12.7. The first kappa shape index (κ1) is 14.6. The number of alkyl halides is 1. The largest absolute Gasteiger partial charge is 0.300 e. The van der Waals surface area contributed by atoms with E-state index in [2.05, 4.69) is 0 Å². The molecule has 0 atom stereocenters. The molecule has 0 aromatic heterocycles. The highest BCUT2D eigenvalue weighted by Crippen LogP contribution is 2.30. The summed E-state index contributed by atoms with van der Waals surface area (Å²) in [6.45, 7) is 8.95. The van der Waals surface area contributed by atoms with E-state index >= 15 is 0 Å². The van der Waals surface area contributed by atoms with Crippen molar-refractivity contribution in [3.63, 3.8) is 0 Å². The molecule has 0 radical (unpaired) electrons. The van der Waals surface area contributed by atoms with E-state index in [1.807, 2.05) is 27.7 Å². The predicted octanol–water partition coefficient (Wildman–Crippen LogP) is 3.36. The molecule has 15 heavy (non-hydrogen) atoms. The van der Waals surface area contributed by atoms with Gasteiger partial charge in [0.05, 0.1) is 0 Å². The van der Waals surface area contributed by atoms with Gasteiger partial charge in [0.1, 0.15) is 11.6 Å². The summed E-state index contributed by atoms with van der Waals surface area (Å²) < 4.78 is 0. The van der Waals surface area contributed by atoms with Gasteiger partial charge in [0.15, 0.2) is 0 Å². The van der Waals surface area contributed by atoms with Crippen molar-refractivity contribution >= 4 is 23.2 Å². The Morgan fingerprint density at radius 1 is 1.13 bits per heavy atom. The molecule has 0 rings (SSSR count). The molecule has 0 unspecified atom stereocenters. The van der Waals surface area contributed by atoms with Crippen LogP contribution in [0.5, 0.6) is 0 Å². The van der Waals surface area contributed by atoms with Gasteiger partial charge in [-0.1, -0.05) is 13.8 Å². The molecule has 0 aromatic rings. The SMILES string of the molecule is CC(=O)CCC(C)(C)C(=O)CC(C)(C)Cl. The van der Waals surface area contributed by atoms with Crippen LogP contribution in [-0.4, -0.2) is 16.4 Å². The highest BCUT2D eigenvalue weighted by atomic mass is 35.5. The second-order valence-electron chi connectivity index (χ2n) is 5.40. The van der Waals surface area contributed by atoms with E-state index in [0.717, 1.165) is 0 Å². The first-order valence-corrected chi connectivity index (χ1v) is 5.64. The van der Waals surface area contributed by atoms with Crippen LogP contribution in [-0.2, 0) is 9.59 Å². The topological polar surface area (TPSA) is 34.1 Å². The molecule has 0 aliphatic heterocycles. The van der Waals surface area contributed by atoms with Crippen molar-refractivity contribution < 1.29 is 9.59 Å². The Morgan fingerprint density at radius 2 is 1.60 bits per heavy atom. The van der Waals surface area contributed by atoms with Gasteiger partial charge in [-0.3, -0.25) is 4.79 Å². The van der Waals surface area contributed by atoms with E-state index in [1.54, 1.807) is 6.92 Å². The van der Waals surface area contributed by atoms with Crippen LogP contribution in [0.25, 0.3) is 0 Å². The molecule has 0 aliphatic carbocycles. The van der Waals surface area contributed by atoms with Gasteiger partial charge in [-0.05, 0) is 27.2 Å². The van der Waals surface area contributed by atoms with E-state index in [-0.39, 0.29) is 11.6 Å². The van der Waals surface area contributed by atoms with Gasteiger partial charge in [0.2, 0.25) is 0 Å². The standard InChI is InChI=1S/C12H21ClO2/c1-9(14)6-7-11(2,3)10(15)8-12(4,5)13/h6-8H2,1-5H3. The van der Waals surface area contributed by atoms with Gasteiger partial charge in [0, 0.05) is 23.1 Å². The highest BCUT2D eigenvalue weighted by Gasteiger charge is 2.31. The van der Waals surface area contributed by atoms with E-state index < -0.39 is 10.3 Å². The fourth-order valence-electron chi connectivity index (χ4n) is 1.25. The zero-order chi connectivity index (χ0) is 12.3. The smallest absolute Gasteiger partial charge is 0.140 e. The Hall–Kier alpha value is -0.370. The summed E-state index contributed by atoms with van der Waals surface area (Å²) in [5.74, 6) is 0.254. The second-order valence-corrected chi connectivity index (χ2v) is 6.43. The van der Waals surface area contributed by atoms with Crippen LogP contribution in [0.1, 0.15) is 53.9 Å². The molecule has 0 fully saturated rings. The number of ketones is 2. The van der Waals surface area contributed by atoms with Crippen molar-refractivity contribution in [1.29, 1.82) is 0 Å². The quantitative estimate of drug-likeness (QED) is 0.658. The van der Waals surface area contributed by atoms with Gasteiger partial charge in [-0.15, -0.1) is 11.6 Å². The van der Waals surface area contributed by atoms with Crippen molar-refractivity contribution in [2.24, 2.45) is 5.41 Å². The molecule has 0 amide bonds. The third-order valence-corrected chi connectivity index (χ3v) is 2.57. The molecule has 0 spiro atoms. The van der Waals surface area contributed by atoms with Crippen molar-refractivity contribution in [2.45, 2.75) is 58.8 Å². The lowest BCUT2D eigenvalue weighted by Crippen LogP contribution is -2.30. The zero-order valence-electron chi connectivity index (χ0n) is 10.3. The molecule has 0 heterocycles. The lowest BCUT2D eigenvalue weighted by Gasteiger charge is -2.26. The van der Waals surface area contributed by atoms with Crippen LogP contribution in [0.2, 0.25) is 0 Å². The molecule has 0 bridgehead atoms. The third-order valence-electron chi connectivity index (χ3n) is 2.44. The molecule has 0 aromatic carbocycles. The third kappa shape index (κ3) is 6.67. The summed E-state index contributed by atoms with van der Waals surface area (Å²) >= 11 is 6.01. The highest BCUT2D eigenvalue weighted by molar-refractivity contribution is 6.24. The van der Waals surface area contributed by atoms with Crippen molar-refractivity contribution in [3.05, 3.63) is 0 Å². The minimum Gasteiger partial charge on any atom is -0.300 e. The Kier molecular flexibility index (Phi) is 4.98. The Bertz CT molecular complexity index is 249. The van der Waals surface area contributed by atoms with Crippen LogP contribution in [0, 0.1) is 5.41 Å². The molecule has 0 N–H and O–H groups in total. The number of halogens is 1. The van der Waals surface area contributed by atoms with Crippen LogP contribution in [0.3, 0.4) is 0 Å². The average Bonchev–Trinajstić information content (AvgIpc) is 1.97. The van der Waals surface area contributed by atoms with E-state index in [1.165, 1.54) is 0 Å². The Balaban J connectivity index is 4.32. The molecule has 88 valence electrons. The molecule has 0 aliphatic rings. The minimum absolute atomic E-state index is 0.126. The molecule has 0 saturated heterocycles. The van der Waals surface area contributed by atoms with E-state index in [9.17, 15) is 9.59 Å². The summed E-state index contributed by atoms with van der Waals surface area (Å²) in [5, 5.41) is 0. The molecular formula is C12H21ClO2. The van der Waals surface area contributed by atoms with Crippen LogP contribution in [0.4, 0.5) is 0 Å². The molecule has 3 heteroatoms. The molecular weight excluding hydrogens is 212 g/mol. The lowest BCUT2D eigenvalue weighted by atomic mass is 9.79. The summed E-state index contributed by atoms with van der Waals surface area (Å²) in [7, 11) is 0. The monoisotopic (exact) mass is 232 g/mol. The van der Waals surface area contributed by atoms with E-state index in [0.29, 0.717) is 19.3 Å². The number of Topliss-reactive ketones (excluding diaryl/α,β-unsaturated/α-hetero) is 2. The summed E-state index contributed by atoms with van der Waals surface area (Å²) in [5.41, 5.74) is -0.447. The van der Waals surface area contributed by atoms with Crippen LogP contribution >= 0.6 is 11.6 Å². The van der Waals surface area contributed by atoms with Crippen LogP contribution < -0.4 is 0 Å². The number of carbonyl (C=O) groups excluding carboxylic acids is 2. The van der Waals surface area contributed by atoms with Crippen molar-refractivity contribution in [3.8, 4) is 0 Å². The average molecular weight is 233 g/mol. The fraction of sp³-hybridized carbons (Fsp3) is 0.833. The van der Waals surface area contributed by atoms with Gasteiger partial charge in [-0.25, -0.2) is 0 Å². The summed E-state index contributed by atoms with van der Waals surface area (Å²) in [6.07, 6.45) is 1.41. The molecule has 0 saturated carbocycles. The first-order valence-electron chi connectivity index (χ1n) is 5.26. The maximum absolute atomic E-state index is 11.9. The first-order chi connectivity index (χ1) is 6.54. The number of hydrogen-bond acceptors (Lipinski definition) is 2. The zero-order valence-corrected chi connectivity index (χ0v) is 11.1. The number of carbonyl (C=O) groups is 2. The lowest BCUT2D eigenvalue weighted by molar-refractivity contribution is -0.128. The van der Waals surface area contributed by atoms with Gasteiger partial charge in [0.25, 0.3) is 0 Å². The predicted molar refractivity (Wildman–Crippen MR) is 63.3 cm³/mol.